The zero-order chi connectivity index (χ0) is 34.4. The highest BCUT2D eigenvalue weighted by atomic mass is 14.5. The second-order valence-electron chi connectivity index (χ2n) is 12.7. The van der Waals surface area contributed by atoms with Crippen LogP contribution in [0.5, 0.6) is 0 Å². The molecule has 0 bridgehead atoms. The van der Waals surface area contributed by atoms with Gasteiger partial charge in [0.05, 0.1) is 11.6 Å². The summed E-state index contributed by atoms with van der Waals surface area (Å²) in [6.07, 6.45) is 0.940. The van der Waals surface area contributed by atoms with E-state index in [0.717, 1.165) is 23.2 Å². The number of anilines is 1. The monoisotopic (exact) mass is 633 g/mol. The highest BCUT2D eigenvalue weighted by Gasteiger charge is 2.37. The average Bonchev–Trinajstić information content (AvgIpc) is 3.39. The van der Waals surface area contributed by atoms with E-state index in [4.69, 9.17) is 11.1 Å². The summed E-state index contributed by atoms with van der Waals surface area (Å²) in [5.41, 5.74) is 19.1. The Balaban J connectivity index is 0.000000409. The van der Waals surface area contributed by atoms with Crippen molar-refractivity contribution in [2.45, 2.75) is 25.7 Å². The largest absolute Gasteiger partial charge is 0.399 e. The topological polar surface area (TPSA) is 73.7 Å². The summed E-state index contributed by atoms with van der Waals surface area (Å²) < 4.78 is 0. The summed E-state index contributed by atoms with van der Waals surface area (Å²) in [5, 5.41) is 17.8. The van der Waals surface area contributed by atoms with Crippen LogP contribution in [0.25, 0.3) is 44.2 Å². The molecule has 0 aromatic heterocycles. The predicted molar refractivity (Wildman–Crippen MR) is 207 cm³/mol. The third-order valence-electron chi connectivity index (χ3n) is 9.37. The predicted octanol–water partition coefficient (Wildman–Crippen LogP) is 11.5. The van der Waals surface area contributed by atoms with Crippen molar-refractivity contribution >= 4 is 23.2 Å². The summed E-state index contributed by atoms with van der Waals surface area (Å²) in [7, 11) is 0. The molecule has 8 rings (SSSR count). The maximum atomic E-state index is 9.80. The Hall–Kier alpha value is -6.24. The molecule has 7 aromatic rings. The number of para-hydroxylation sites is 1. The average molecular weight is 634 g/mol. The molecule has 3 nitrogen and oxygen atoms in total. The SMILES string of the molecule is C=N.CC1(C)c2cc(-c3ccc(-c4ccc(Cc5ccccc5)cc4)c4ccccc34)ccc2-c2c(C#N)cccc21.Nc1ccccc1. The molecule has 0 unspecified atom stereocenters. The maximum Gasteiger partial charge on any atom is 0.0998 e. The van der Waals surface area contributed by atoms with Gasteiger partial charge in [0.2, 0.25) is 0 Å². The van der Waals surface area contributed by atoms with E-state index >= 15 is 0 Å². The molecule has 1 aliphatic rings. The Bertz CT molecular complexity index is 2260. The third-order valence-corrected chi connectivity index (χ3v) is 9.37. The lowest BCUT2D eigenvalue weighted by Gasteiger charge is -2.22. The molecule has 0 saturated heterocycles. The van der Waals surface area contributed by atoms with Crippen LogP contribution in [0, 0.1) is 16.7 Å². The molecule has 238 valence electrons. The van der Waals surface area contributed by atoms with Gasteiger partial charge in [0.25, 0.3) is 0 Å². The third kappa shape index (κ3) is 6.50. The molecule has 3 heteroatoms. The van der Waals surface area contributed by atoms with Crippen molar-refractivity contribution in [3.05, 3.63) is 186 Å². The van der Waals surface area contributed by atoms with Gasteiger partial charge in [-0.25, -0.2) is 0 Å². The minimum absolute atomic E-state index is 0.162. The van der Waals surface area contributed by atoms with E-state index in [1.54, 1.807) is 0 Å². The standard InChI is InChI=1S/C39H29N.C6H7N.CH3N/c1-39(2)36-14-8-11-30(25-40)38(36)35-20-19-29(24-37(35)39)32-22-21-31(33-12-6-7-13-34(32)33)28-17-15-27(16-18-28)23-26-9-4-3-5-10-26;7-6-4-2-1-3-5-6;1-2/h3-22,24H,23H2,1-2H3;1-5H,7H2;2H,1H2. The summed E-state index contributed by atoms with van der Waals surface area (Å²) in [6, 6.07) is 57.7. The van der Waals surface area contributed by atoms with Crippen LogP contribution in [-0.4, -0.2) is 6.72 Å². The summed E-state index contributed by atoms with van der Waals surface area (Å²) in [6.45, 7) is 7.04. The second kappa shape index (κ2) is 14.3. The second-order valence-corrected chi connectivity index (χ2v) is 12.7. The minimum atomic E-state index is -0.162. The van der Waals surface area contributed by atoms with Crippen LogP contribution in [0.2, 0.25) is 0 Å². The van der Waals surface area contributed by atoms with Crippen LogP contribution in [0.3, 0.4) is 0 Å². The van der Waals surface area contributed by atoms with Crippen molar-refractivity contribution in [1.82, 2.24) is 0 Å². The van der Waals surface area contributed by atoms with Crippen LogP contribution in [0.15, 0.2) is 158 Å². The van der Waals surface area contributed by atoms with E-state index in [0.29, 0.717) is 0 Å². The summed E-state index contributed by atoms with van der Waals surface area (Å²) in [4.78, 5) is 0. The van der Waals surface area contributed by atoms with Gasteiger partial charge in [-0.3, -0.25) is 0 Å². The first-order valence-electron chi connectivity index (χ1n) is 16.4. The molecule has 1 aliphatic carbocycles. The molecule has 7 aromatic carbocycles. The van der Waals surface area contributed by atoms with Crippen LogP contribution in [0.1, 0.15) is 41.7 Å². The van der Waals surface area contributed by atoms with Crippen molar-refractivity contribution in [2.24, 2.45) is 0 Å². The Labute approximate surface area is 289 Å². The molecular formula is C46H39N3. The van der Waals surface area contributed by atoms with Gasteiger partial charge in [-0.15, -0.1) is 0 Å². The Morgan fingerprint density at radius 1 is 0.571 bits per heavy atom. The summed E-state index contributed by atoms with van der Waals surface area (Å²) in [5.74, 6) is 0. The smallest absolute Gasteiger partial charge is 0.0998 e. The van der Waals surface area contributed by atoms with Crippen LogP contribution in [0.4, 0.5) is 5.69 Å². The number of hydrogen-bond donors (Lipinski definition) is 2. The van der Waals surface area contributed by atoms with Gasteiger partial charge in [-0.05, 0) is 98.2 Å². The van der Waals surface area contributed by atoms with Crippen molar-refractivity contribution < 1.29 is 0 Å². The Morgan fingerprint density at radius 2 is 1.10 bits per heavy atom. The fourth-order valence-electron chi connectivity index (χ4n) is 6.94. The quantitative estimate of drug-likeness (QED) is 0.149. The number of nitriles is 1. The number of nitrogens with one attached hydrogen (secondary N) is 1. The maximum absolute atomic E-state index is 9.80. The van der Waals surface area contributed by atoms with E-state index in [9.17, 15) is 5.26 Å². The number of fused-ring (bicyclic) bond motifs is 4. The van der Waals surface area contributed by atoms with E-state index < -0.39 is 0 Å². The molecule has 49 heavy (non-hydrogen) atoms. The number of hydrogen-bond acceptors (Lipinski definition) is 3. The van der Waals surface area contributed by atoms with Gasteiger partial charge >= 0.3 is 0 Å². The number of rotatable bonds is 4. The molecule has 0 atom stereocenters. The van der Waals surface area contributed by atoms with Gasteiger partial charge in [0.1, 0.15) is 0 Å². The minimum Gasteiger partial charge on any atom is -0.399 e. The van der Waals surface area contributed by atoms with Gasteiger partial charge in [0, 0.05) is 16.7 Å². The number of nitrogens with zero attached hydrogens (tertiary/aromatic N) is 1. The van der Waals surface area contributed by atoms with Gasteiger partial charge in [-0.1, -0.05) is 147 Å². The molecule has 0 heterocycles. The lowest BCUT2D eigenvalue weighted by Crippen LogP contribution is -2.15. The highest BCUT2D eigenvalue weighted by molar-refractivity contribution is 6.05. The molecule has 0 saturated carbocycles. The normalized spacial score (nSPS) is 11.9. The molecule has 0 amide bonds. The van der Waals surface area contributed by atoms with Crippen molar-refractivity contribution in [3.8, 4) is 39.4 Å². The fraction of sp³-hybridized carbons (Fsp3) is 0.0870. The fourth-order valence-corrected chi connectivity index (χ4v) is 6.94. The molecule has 0 fully saturated rings. The first-order valence-corrected chi connectivity index (χ1v) is 16.4. The van der Waals surface area contributed by atoms with Gasteiger partial charge < -0.3 is 11.1 Å². The Kier molecular flexibility index (Phi) is 9.51. The van der Waals surface area contributed by atoms with Crippen LogP contribution < -0.4 is 5.73 Å². The highest BCUT2D eigenvalue weighted by Crippen LogP contribution is 2.51. The number of benzene rings is 7. The zero-order valence-corrected chi connectivity index (χ0v) is 27.9. The van der Waals surface area contributed by atoms with Crippen LogP contribution in [-0.2, 0) is 11.8 Å². The zero-order valence-electron chi connectivity index (χ0n) is 27.9. The van der Waals surface area contributed by atoms with Crippen molar-refractivity contribution in [1.29, 1.82) is 10.7 Å². The van der Waals surface area contributed by atoms with Crippen LogP contribution >= 0.6 is 0 Å². The Morgan fingerprint density at radius 3 is 1.69 bits per heavy atom. The van der Waals surface area contributed by atoms with E-state index in [1.165, 1.54) is 60.8 Å². The first-order chi connectivity index (χ1) is 23.9. The number of nitrogen functional groups attached to an aromatic ring is 1. The molecule has 0 radical (unpaired) electrons. The van der Waals surface area contributed by atoms with E-state index in [-0.39, 0.29) is 5.41 Å². The first kappa shape index (κ1) is 32.7. The lowest BCUT2D eigenvalue weighted by molar-refractivity contribution is 0.660. The molecule has 0 spiro atoms. The van der Waals surface area contributed by atoms with Gasteiger partial charge in [0.15, 0.2) is 0 Å². The molecule has 3 N–H and O–H groups in total. The number of nitrogens with two attached hydrogens (primary N) is 1. The van der Waals surface area contributed by atoms with Gasteiger partial charge in [-0.2, -0.15) is 5.26 Å². The van der Waals surface area contributed by atoms with E-state index in [1.807, 2.05) is 42.5 Å². The van der Waals surface area contributed by atoms with E-state index in [2.05, 4.69) is 142 Å². The van der Waals surface area contributed by atoms with Crippen molar-refractivity contribution in [3.63, 3.8) is 0 Å². The lowest BCUT2D eigenvalue weighted by atomic mass is 9.81. The molecule has 0 aliphatic heterocycles. The van der Waals surface area contributed by atoms with Crippen molar-refractivity contribution in [2.75, 3.05) is 5.73 Å². The molecular weight excluding hydrogens is 595 g/mol. The summed E-state index contributed by atoms with van der Waals surface area (Å²) >= 11 is 0.